The van der Waals surface area contributed by atoms with Crippen LogP contribution >= 0.6 is 0 Å². The number of hydrogen-bond acceptors (Lipinski definition) is 7. The van der Waals surface area contributed by atoms with Crippen molar-refractivity contribution in [3.63, 3.8) is 0 Å². The van der Waals surface area contributed by atoms with Gasteiger partial charge in [0.25, 0.3) is 5.91 Å². The van der Waals surface area contributed by atoms with Gasteiger partial charge in [0, 0.05) is 50.4 Å². The molecular formula is C37H46N4O6Si. The molecule has 11 heteroatoms. The summed E-state index contributed by atoms with van der Waals surface area (Å²) in [4.78, 5) is 46.7. The third kappa shape index (κ3) is 5.82. The summed E-state index contributed by atoms with van der Waals surface area (Å²) in [7, 11) is 0.942. The number of piperazine rings is 1. The predicted octanol–water partition coefficient (Wildman–Crippen LogP) is 3.24. The largest absolute Gasteiger partial charge is 0.497 e. The van der Waals surface area contributed by atoms with Gasteiger partial charge in [0.15, 0.2) is 5.60 Å². The summed E-state index contributed by atoms with van der Waals surface area (Å²) in [6.45, 7) is 8.52. The number of methoxy groups -OCH3 is 1. The molecule has 0 unspecified atom stereocenters. The predicted molar refractivity (Wildman–Crippen MR) is 188 cm³/mol. The van der Waals surface area contributed by atoms with Crippen LogP contribution in [0.2, 0.25) is 18.6 Å². The first kappa shape index (κ1) is 33.9. The number of carbonyl (C=O) groups excluding carboxylic acids is 3. The molecule has 0 aliphatic carbocycles. The third-order valence-electron chi connectivity index (χ3n) is 10.7. The van der Waals surface area contributed by atoms with E-state index < -0.39 is 19.8 Å². The Kier molecular flexibility index (Phi) is 9.50. The highest BCUT2D eigenvalue weighted by Crippen LogP contribution is 2.60. The summed E-state index contributed by atoms with van der Waals surface area (Å²) in [6, 6.07) is 23.6. The molecule has 3 amide bonds. The lowest BCUT2D eigenvalue weighted by Crippen LogP contribution is -2.52. The molecule has 3 heterocycles. The Labute approximate surface area is 283 Å². The van der Waals surface area contributed by atoms with Crippen molar-refractivity contribution in [1.29, 1.82) is 0 Å². The highest BCUT2D eigenvalue weighted by molar-refractivity contribution is 6.91. The lowest BCUT2D eigenvalue weighted by atomic mass is 9.82. The molecule has 2 saturated heterocycles. The molecule has 254 valence electrons. The minimum Gasteiger partial charge on any atom is -0.497 e. The number of fused-ring (bicyclic) bond motifs is 2. The number of carbonyl (C=O) groups is 3. The van der Waals surface area contributed by atoms with Crippen LogP contribution in [0, 0.1) is 5.92 Å². The zero-order chi connectivity index (χ0) is 34.2. The summed E-state index contributed by atoms with van der Waals surface area (Å²) in [5, 5.41) is 14.2. The Morgan fingerprint density at radius 1 is 1.10 bits per heavy atom. The standard InChI is InChI=1S/C37H46N4O6Si/c1-25-35(48(4,5)29-14-12-28(46-3)13-15-29)32(22-33(43)40(19-20-42)24-26-9-7-6-8-10-26)47-37(25)30-21-27(41-18-17-38-23-34(41)44)11-16-31(30)39(2)36(37)45/h6-16,21,25,32,35,38,42H,17-20,22-24H2,1-5H3/t25-,32+,35-,37+/m1/s1. The topological polar surface area (TPSA) is 112 Å². The van der Waals surface area contributed by atoms with Gasteiger partial charge in [0.2, 0.25) is 11.8 Å². The van der Waals surface area contributed by atoms with Crippen molar-refractivity contribution in [2.24, 2.45) is 5.92 Å². The number of likely N-dealkylation sites (N-methyl/N-ethyl adjacent to an activating group) is 1. The van der Waals surface area contributed by atoms with E-state index in [1.165, 1.54) is 5.19 Å². The fraction of sp³-hybridized carbons (Fsp3) is 0.432. The SMILES string of the molecule is COc1ccc([Si](C)(C)[C@H]2[C@H](CC(=O)N(CCO)Cc3ccccc3)O[C@@]3(C(=O)N(C)c4ccc(N5CCNCC5=O)cc43)[C@@H]2C)cc1. The number of nitrogens with zero attached hydrogens (tertiary/aromatic N) is 3. The highest BCUT2D eigenvalue weighted by atomic mass is 28.3. The molecule has 0 aromatic heterocycles. The zero-order valence-corrected chi connectivity index (χ0v) is 29.4. The van der Waals surface area contributed by atoms with Crippen LogP contribution in [0.1, 0.15) is 24.5 Å². The summed E-state index contributed by atoms with van der Waals surface area (Å²) in [5.41, 5.74) is 1.73. The van der Waals surface area contributed by atoms with Gasteiger partial charge in [0.1, 0.15) is 5.75 Å². The molecule has 2 N–H and O–H groups in total. The maximum Gasteiger partial charge on any atom is 0.264 e. The lowest BCUT2D eigenvalue weighted by molar-refractivity contribution is -0.149. The van der Waals surface area contributed by atoms with Crippen LogP contribution in [-0.2, 0) is 31.3 Å². The number of hydrogen-bond donors (Lipinski definition) is 2. The highest BCUT2D eigenvalue weighted by Gasteiger charge is 2.66. The average Bonchev–Trinajstić information content (AvgIpc) is 3.50. The lowest BCUT2D eigenvalue weighted by Gasteiger charge is -2.37. The summed E-state index contributed by atoms with van der Waals surface area (Å²) < 4.78 is 12.6. The zero-order valence-electron chi connectivity index (χ0n) is 28.4. The second-order valence-corrected chi connectivity index (χ2v) is 18.4. The molecule has 6 rings (SSSR count). The number of nitrogens with one attached hydrogen (secondary N) is 1. The van der Waals surface area contributed by atoms with Crippen molar-refractivity contribution in [2.45, 2.75) is 50.2 Å². The van der Waals surface area contributed by atoms with Gasteiger partial charge in [-0.1, -0.05) is 67.7 Å². The molecule has 0 radical (unpaired) electrons. The molecule has 48 heavy (non-hydrogen) atoms. The monoisotopic (exact) mass is 670 g/mol. The van der Waals surface area contributed by atoms with Gasteiger partial charge in [-0.2, -0.15) is 0 Å². The van der Waals surface area contributed by atoms with Crippen LogP contribution in [-0.4, -0.2) is 88.8 Å². The van der Waals surface area contributed by atoms with Crippen molar-refractivity contribution in [3.05, 3.63) is 83.9 Å². The van der Waals surface area contributed by atoms with Crippen LogP contribution in [0.3, 0.4) is 0 Å². The molecule has 0 saturated carbocycles. The normalized spacial score (nSPS) is 23.9. The third-order valence-corrected chi connectivity index (χ3v) is 15.0. The molecule has 3 aliphatic heterocycles. The van der Waals surface area contributed by atoms with E-state index in [-0.39, 0.29) is 55.3 Å². The van der Waals surface area contributed by atoms with E-state index in [9.17, 15) is 19.5 Å². The van der Waals surface area contributed by atoms with Gasteiger partial charge in [-0.05, 0) is 41.4 Å². The fourth-order valence-corrected chi connectivity index (χ4v) is 12.2. The second kappa shape index (κ2) is 13.5. The minimum atomic E-state index is -2.47. The summed E-state index contributed by atoms with van der Waals surface area (Å²) in [6.07, 6.45) is -0.501. The van der Waals surface area contributed by atoms with Gasteiger partial charge in [-0.15, -0.1) is 0 Å². The first-order valence-electron chi connectivity index (χ1n) is 16.7. The average molecular weight is 671 g/mol. The number of benzene rings is 3. The number of ether oxygens (including phenoxy) is 2. The molecule has 2 fully saturated rings. The Balaban J connectivity index is 1.42. The van der Waals surface area contributed by atoms with Crippen LogP contribution in [0.25, 0.3) is 0 Å². The van der Waals surface area contributed by atoms with Crippen LogP contribution in [0.4, 0.5) is 11.4 Å². The number of amides is 3. The number of anilines is 2. The Hall–Kier alpha value is -4.03. The molecule has 3 aromatic carbocycles. The Bertz CT molecular complexity index is 1670. The van der Waals surface area contributed by atoms with E-state index in [0.29, 0.717) is 19.6 Å². The molecular weight excluding hydrogens is 625 g/mol. The van der Waals surface area contributed by atoms with Crippen molar-refractivity contribution >= 4 is 42.4 Å². The van der Waals surface area contributed by atoms with Gasteiger partial charge in [0.05, 0.1) is 46.5 Å². The van der Waals surface area contributed by atoms with Crippen molar-refractivity contribution in [1.82, 2.24) is 10.2 Å². The first-order chi connectivity index (χ1) is 23.0. The van der Waals surface area contributed by atoms with E-state index in [0.717, 1.165) is 28.3 Å². The van der Waals surface area contributed by atoms with Crippen molar-refractivity contribution < 1.29 is 29.0 Å². The maximum absolute atomic E-state index is 14.5. The number of aliphatic hydroxyl groups is 1. The van der Waals surface area contributed by atoms with E-state index in [4.69, 9.17) is 9.47 Å². The van der Waals surface area contributed by atoms with Crippen LogP contribution in [0.15, 0.2) is 72.8 Å². The summed E-state index contributed by atoms with van der Waals surface area (Å²) in [5.74, 6) is 0.157. The van der Waals surface area contributed by atoms with Crippen LogP contribution < -0.4 is 25.0 Å². The van der Waals surface area contributed by atoms with E-state index in [1.54, 1.807) is 28.9 Å². The quantitative estimate of drug-likeness (QED) is 0.319. The van der Waals surface area contributed by atoms with Crippen LogP contribution in [0.5, 0.6) is 5.75 Å². The minimum absolute atomic E-state index is 0.0231. The molecule has 3 aliphatic rings. The van der Waals surface area contributed by atoms with Crippen molar-refractivity contribution in [3.8, 4) is 5.75 Å². The van der Waals surface area contributed by atoms with Gasteiger partial charge >= 0.3 is 0 Å². The summed E-state index contributed by atoms with van der Waals surface area (Å²) >= 11 is 0. The molecule has 0 bridgehead atoms. The number of rotatable bonds is 10. The van der Waals surface area contributed by atoms with Gasteiger partial charge in [-0.3, -0.25) is 14.4 Å². The maximum atomic E-state index is 14.5. The van der Waals surface area contributed by atoms with E-state index in [1.807, 2.05) is 60.7 Å². The Morgan fingerprint density at radius 2 is 1.83 bits per heavy atom. The van der Waals surface area contributed by atoms with Crippen molar-refractivity contribution in [2.75, 3.05) is 56.7 Å². The van der Waals surface area contributed by atoms with E-state index in [2.05, 4.69) is 37.5 Å². The molecule has 4 atom stereocenters. The van der Waals surface area contributed by atoms with Gasteiger partial charge in [-0.25, -0.2) is 0 Å². The fourth-order valence-electron chi connectivity index (χ4n) is 8.17. The smallest absolute Gasteiger partial charge is 0.264 e. The molecule has 3 aromatic rings. The first-order valence-corrected chi connectivity index (χ1v) is 19.8. The van der Waals surface area contributed by atoms with Gasteiger partial charge < -0.3 is 34.6 Å². The number of aliphatic hydroxyl groups excluding tert-OH is 1. The molecule has 10 nitrogen and oxygen atoms in total. The Morgan fingerprint density at radius 3 is 2.50 bits per heavy atom. The van der Waals surface area contributed by atoms with E-state index >= 15 is 0 Å². The molecule has 1 spiro atoms. The second-order valence-electron chi connectivity index (χ2n) is 13.7.